The molecule has 15 heavy (non-hydrogen) atoms. The fraction of sp³-hybridized carbons (Fsp3) is 0.786. The summed E-state index contributed by atoms with van der Waals surface area (Å²) in [6, 6.07) is 0. The maximum absolute atomic E-state index is 2.67. The van der Waals surface area contributed by atoms with E-state index in [9.17, 15) is 0 Å². The molecule has 0 amide bonds. The Kier molecular flexibility index (Phi) is 4.71. The smallest absolute Gasteiger partial charge is 0.00381 e. The van der Waals surface area contributed by atoms with Crippen LogP contribution in [0.5, 0.6) is 0 Å². The van der Waals surface area contributed by atoms with Crippen LogP contribution in [0.2, 0.25) is 0 Å². The lowest BCUT2D eigenvalue weighted by Crippen LogP contribution is -2.08. The van der Waals surface area contributed by atoms with Crippen LogP contribution in [0.15, 0.2) is 11.4 Å². The van der Waals surface area contributed by atoms with Crippen molar-refractivity contribution in [1.82, 2.24) is 0 Å². The van der Waals surface area contributed by atoms with E-state index in [1.807, 2.05) is 0 Å². The van der Waals surface area contributed by atoms with Crippen LogP contribution in [0.25, 0.3) is 0 Å². The largest absolute Gasteiger partial charge is 0.0912 e. The molecular weight excluding hydrogens is 199 g/mol. The molecule has 1 aliphatic rings. The van der Waals surface area contributed by atoms with Crippen LogP contribution in [0, 0.1) is 11.8 Å². The third-order valence-electron chi connectivity index (χ3n) is 3.82. The molecule has 1 heterocycles. The summed E-state index contributed by atoms with van der Waals surface area (Å²) in [5.41, 5.74) is 1.76. The van der Waals surface area contributed by atoms with E-state index < -0.39 is 6.89 Å². The van der Waals surface area contributed by atoms with Crippen LogP contribution in [0.3, 0.4) is 0 Å². The predicted molar refractivity (Wildman–Crippen MR) is 75.4 cm³/mol. The third kappa shape index (κ3) is 3.00. The van der Waals surface area contributed by atoms with Gasteiger partial charge in [-0.3, -0.25) is 0 Å². The van der Waals surface area contributed by atoms with E-state index in [1.54, 1.807) is 5.57 Å². The van der Waals surface area contributed by atoms with Gasteiger partial charge in [-0.15, -0.1) is 0 Å². The number of hydrogen-bond donors (Lipinski definition) is 0. The van der Waals surface area contributed by atoms with Gasteiger partial charge in [0.25, 0.3) is 0 Å². The molecule has 0 fully saturated rings. The zero-order valence-corrected chi connectivity index (χ0v) is 12.0. The molecule has 0 bridgehead atoms. The average molecular weight is 226 g/mol. The van der Waals surface area contributed by atoms with Crippen molar-refractivity contribution in [1.29, 1.82) is 0 Å². The molecule has 0 aromatic heterocycles. The summed E-state index contributed by atoms with van der Waals surface area (Å²) < 4.78 is 0. The Balaban J connectivity index is 2.85. The molecule has 1 aliphatic heterocycles. The van der Waals surface area contributed by atoms with Gasteiger partial charge in [0, 0.05) is 0 Å². The van der Waals surface area contributed by atoms with Gasteiger partial charge in [0.2, 0.25) is 0 Å². The summed E-state index contributed by atoms with van der Waals surface area (Å²) >= 11 is 0. The van der Waals surface area contributed by atoms with Crippen molar-refractivity contribution in [2.24, 2.45) is 11.8 Å². The highest BCUT2D eigenvalue weighted by molar-refractivity contribution is 7.77. The van der Waals surface area contributed by atoms with Gasteiger partial charge in [0.05, 0.1) is 0 Å². The molecule has 3 unspecified atom stereocenters. The molecule has 1 heteroatoms. The molecular formula is C14H27P. The Morgan fingerprint density at radius 3 is 2.40 bits per heavy atom. The first-order valence-corrected chi connectivity index (χ1v) is 9.05. The van der Waals surface area contributed by atoms with Gasteiger partial charge in [-0.2, -0.15) is 0 Å². The van der Waals surface area contributed by atoms with Crippen molar-refractivity contribution in [3.05, 3.63) is 11.4 Å². The Labute approximate surface area is 96.1 Å². The highest BCUT2D eigenvalue weighted by atomic mass is 31.2. The number of hydrogen-bond acceptors (Lipinski definition) is 0. The highest BCUT2D eigenvalue weighted by Gasteiger charge is 2.24. The van der Waals surface area contributed by atoms with E-state index in [4.69, 9.17) is 0 Å². The molecule has 0 aromatic carbocycles. The fourth-order valence-corrected chi connectivity index (χ4v) is 5.53. The summed E-state index contributed by atoms with van der Waals surface area (Å²) in [5.74, 6) is 6.93. The Hall–Kier alpha value is 0.0400. The predicted octanol–water partition coefficient (Wildman–Crippen LogP) is 4.82. The quantitative estimate of drug-likeness (QED) is 0.590. The first kappa shape index (κ1) is 13.1. The van der Waals surface area contributed by atoms with Gasteiger partial charge in [-0.25, -0.2) is 0 Å². The van der Waals surface area contributed by atoms with E-state index >= 15 is 0 Å². The van der Waals surface area contributed by atoms with E-state index in [1.165, 1.54) is 25.4 Å². The molecule has 0 saturated heterocycles. The van der Waals surface area contributed by atoms with E-state index in [-0.39, 0.29) is 0 Å². The number of rotatable bonds is 5. The zero-order valence-electron chi connectivity index (χ0n) is 11.1. The van der Waals surface area contributed by atoms with Crippen LogP contribution < -0.4 is 0 Å². The Bertz CT molecular complexity index is 286. The van der Waals surface area contributed by atoms with Gasteiger partial charge < -0.3 is 0 Å². The van der Waals surface area contributed by atoms with Gasteiger partial charge in [-0.1, -0.05) is 58.2 Å². The van der Waals surface area contributed by atoms with Crippen molar-refractivity contribution in [2.75, 3.05) is 12.8 Å². The topological polar surface area (TPSA) is 0 Å². The Morgan fingerprint density at radius 2 is 2.00 bits per heavy atom. The van der Waals surface area contributed by atoms with Crippen molar-refractivity contribution < 1.29 is 0 Å². The lowest BCUT2D eigenvalue weighted by molar-refractivity contribution is 0.510. The normalized spacial score (nSPS) is 32.3. The molecule has 0 saturated carbocycles. The Morgan fingerprint density at radius 1 is 1.33 bits per heavy atom. The third-order valence-corrected chi connectivity index (χ3v) is 7.20. The molecule has 0 N–H and O–H groups in total. The van der Waals surface area contributed by atoms with Crippen LogP contribution in [0.4, 0.5) is 0 Å². The van der Waals surface area contributed by atoms with E-state index in [0.29, 0.717) is 0 Å². The van der Waals surface area contributed by atoms with E-state index in [2.05, 4.69) is 46.0 Å². The monoisotopic (exact) mass is 226 g/mol. The molecule has 0 aliphatic carbocycles. The second-order valence-corrected chi connectivity index (χ2v) is 9.01. The molecule has 3 atom stereocenters. The minimum Gasteiger partial charge on any atom is -0.0912 e. The van der Waals surface area contributed by atoms with Crippen LogP contribution >= 0.6 is 6.89 Å². The number of allylic oxidation sites excluding steroid dienone is 1. The summed E-state index contributed by atoms with van der Waals surface area (Å²) in [4.78, 5) is 0. The zero-order chi connectivity index (χ0) is 11.5. The van der Waals surface area contributed by atoms with Gasteiger partial charge >= 0.3 is 0 Å². The van der Waals surface area contributed by atoms with Crippen LogP contribution in [-0.2, 0) is 0 Å². The fourth-order valence-electron chi connectivity index (χ4n) is 2.73. The summed E-state index contributed by atoms with van der Waals surface area (Å²) in [6.45, 7) is 11.1. The van der Waals surface area contributed by atoms with Crippen molar-refractivity contribution in [3.8, 4) is 0 Å². The lowest BCUT2D eigenvalue weighted by atomic mass is 9.86. The first-order chi connectivity index (χ1) is 7.06. The maximum Gasteiger partial charge on any atom is -0.00381 e. The van der Waals surface area contributed by atoms with Gasteiger partial charge in [0.15, 0.2) is 0 Å². The second-order valence-electron chi connectivity index (χ2n) is 5.12. The van der Waals surface area contributed by atoms with E-state index in [0.717, 1.165) is 11.8 Å². The molecule has 0 aromatic rings. The van der Waals surface area contributed by atoms with Gasteiger partial charge in [0.1, 0.15) is 0 Å². The SMILES string of the molecule is CCCC(CC)C1=CP(C)(CC)=CC1C. The molecule has 0 spiro atoms. The van der Waals surface area contributed by atoms with Gasteiger partial charge in [-0.05, 0) is 37.5 Å². The summed E-state index contributed by atoms with van der Waals surface area (Å²) in [7, 11) is 0. The minimum atomic E-state index is -0.791. The summed E-state index contributed by atoms with van der Waals surface area (Å²) in [6.07, 6.45) is 5.37. The van der Waals surface area contributed by atoms with Crippen molar-refractivity contribution in [3.63, 3.8) is 0 Å². The average Bonchev–Trinajstić information content (AvgIpc) is 2.52. The molecule has 1 rings (SSSR count). The standard InChI is InChI=1S/C14H27P/c1-6-9-13(7-2)14-11-15(5,8-3)10-12(14)4/h10-13H,6-9H2,1-5H3. The summed E-state index contributed by atoms with van der Waals surface area (Å²) in [5, 5.41) is 0. The van der Waals surface area contributed by atoms with Crippen LogP contribution in [-0.4, -0.2) is 18.6 Å². The first-order valence-electron chi connectivity index (χ1n) is 6.49. The second kappa shape index (κ2) is 5.39. The maximum atomic E-state index is 2.67. The minimum absolute atomic E-state index is 0.750. The molecule has 88 valence electrons. The molecule has 0 nitrogen and oxygen atoms in total. The van der Waals surface area contributed by atoms with Crippen LogP contribution in [0.1, 0.15) is 47.0 Å². The molecule has 0 radical (unpaired) electrons. The highest BCUT2D eigenvalue weighted by Crippen LogP contribution is 2.53. The van der Waals surface area contributed by atoms with Crippen molar-refractivity contribution in [2.45, 2.75) is 47.0 Å². The van der Waals surface area contributed by atoms with Crippen molar-refractivity contribution >= 4 is 12.7 Å². The lowest BCUT2D eigenvalue weighted by Gasteiger charge is -2.19.